The van der Waals surface area contributed by atoms with E-state index >= 15 is 0 Å². The highest BCUT2D eigenvalue weighted by molar-refractivity contribution is 5.80. The molecular formula is C13H16N2O2. The van der Waals surface area contributed by atoms with Crippen LogP contribution in [0.25, 0.3) is 11.0 Å². The Balaban J connectivity index is 2.09. The standard InChI is InChI=1S/C13H16N2O2/c1-3-8(2)13-14-9-6-11-12(7-10(9)15-13)17-5-4-16-11/h6-8H,3-5H2,1-2H3,(H,14,15). The van der Waals surface area contributed by atoms with Crippen LogP contribution in [0.1, 0.15) is 32.0 Å². The SMILES string of the molecule is CCC(C)c1nc2cc3c(cc2[nH]1)OCCO3. The van der Waals surface area contributed by atoms with E-state index in [4.69, 9.17) is 9.47 Å². The number of aromatic amines is 1. The van der Waals surface area contributed by atoms with Crippen LogP contribution < -0.4 is 9.47 Å². The van der Waals surface area contributed by atoms with Gasteiger partial charge in [-0.15, -0.1) is 0 Å². The highest BCUT2D eigenvalue weighted by Gasteiger charge is 2.16. The van der Waals surface area contributed by atoms with Crippen molar-refractivity contribution in [2.45, 2.75) is 26.2 Å². The van der Waals surface area contributed by atoms with Crippen LogP contribution in [0, 0.1) is 0 Å². The van der Waals surface area contributed by atoms with Crippen molar-refractivity contribution in [2.75, 3.05) is 13.2 Å². The molecular weight excluding hydrogens is 216 g/mol. The minimum atomic E-state index is 0.446. The van der Waals surface area contributed by atoms with E-state index in [-0.39, 0.29) is 0 Å². The summed E-state index contributed by atoms with van der Waals surface area (Å²) in [5.74, 6) is 3.08. The molecule has 2 heterocycles. The Hall–Kier alpha value is -1.71. The summed E-state index contributed by atoms with van der Waals surface area (Å²) in [7, 11) is 0. The number of nitrogens with zero attached hydrogens (tertiary/aromatic N) is 1. The highest BCUT2D eigenvalue weighted by atomic mass is 16.6. The van der Waals surface area contributed by atoms with Gasteiger partial charge in [-0.25, -0.2) is 4.98 Å². The first kappa shape index (κ1) is 10.4. The number of nitrogens with one attached hydrogen (secondary N) is 1. The molecule has 1 N–H and O–H groups in total. The van der Waals surface area contributed by atoms with Crippen molar-refractivity contribution in [3.05, 3.63) is 18.0 Å². The summed E-state index contributed by atoms with van der Waals surface area (Å²) >= 11 is 0. The van der Waals surface area contributed by atoms with Crippen LogP contribution in [0.4, 0.5) is 0 Å². The molecule has 2 aromatic rings. The van der Waals surface area contributed by atoms with Crippen molar-refractivity contribution in [2.24, 2.45) is 0 Å². The summed E-state index contributed by atoms with van der Waals surface area (Å²) in [5.41, 5.74) is 1.97. The fourth-order valence-electron chi connectivity index (χ4n) is 1.99. The molecule has 0 spiro atoms. The second kappa shape index (κ2) is 3.95. The summed E-state index contributed by atoms with van der Waals surface area (Å²) < 4.78 is 11.1. The summed E-state index contributed by atoms with van der Waals surface area (Å²) in [4.78, 5) is 7.95. The molecule has 3 rings (SSSR count). The molecule has 0 amide bonds. The van der Waals surface area contributed by atoms with Gasteiger partial charge in [-0.1, -0.05) is 13.8 Å². The zero-order valence-corrected chi connectivity index (χ0v) is 10.1. The van der Waals surface area contributed by atoms with Gasteiger partial charge in [0, 0.05) is 18.1 Å². The Morgan fingerprint density at radius 3 is 2.71 bits per heavy atom. The Morgan fingerprint density at radius 2 is 2.00 bits per heavy atom. The quantitative estimate of drug-likeness (QED) is 0.866. The van der Waals surface area contributed by atoms with Gasteiger partial charge in [0.15, 0.2) is 11.5 Å². The van der Waals surface area contributed by atoms with E-state index in [0.717, 1.165) is 34.8 Å². The minimum absolute atomic E-state index is 0.446. The minimum Gasteiger partial charge on any atom is -0.486 e. The third kappa shape index (κ3) is 1.73. The zero-order chi connectivity index (χ0) is 11.8. The molecule has 0 radical (unpaired) electrons. The second-order valence-electron chi connectivity index (χ2n) is 4.44. The molecule has 1 atom stereocenters. The maximum Gasteiger partial charge on any atom is 0.163 e. The van der Waals surface area contributed by atoms with Crippen LogP contribution in [0.5, 0.6) is 11.5 Å². The molecule has 0 bridgehead atoms. The summed E-state index contributed by atoms with van der Waals surface area (Å²) in [5, 5.41) is 0. The normalized spacial score (nSPS) is 16.1. The Bertz CT molecular complexity index is 505. The lowest BCUT2D eigenvalue weighted by Gasteiger charge is -2.17. The van der Waals surface area contributed by atoms with Gasteiger partial charge in [-0.05, 0) is 6.42 Å². The van der Waals surface area contributed by atoms with Crippen LogP contribution in [-0.4, -0.2) is 23.2 Å². The molecule has 0 saturated carbocycles. The maximum absolute atomic E-state index is 5.55. The molecule has 1 aliphatic rings. The summed E-state index contributed by atoms with van der Waals surface area (Å²) in [6.07, 6.45) is 1.08. The van der Waals surface area contributed by atoms with Crippen LogP contribution in [-0.2, 0) is 0 Å². The first-order valence-electron chi connectivity index (χ1n) is 6.07. The van der Waals surface area contributed by atoms with Gasteiger partial charge < -0.3 is 14.5 Å². The van der Waals surface area contributed by atoms with Crippen molar-refractivity contribution >= 4 is 11.0 Å². The van der Waals surface area contributed by atoms with Crippen LogP contribution in [0.3, 0.4) is 0 Å². The van der Waals surface area contributed by atoms with Crippen molar-refractivity contribution < 1.29 is 9.47 Å². The third-order valence-corrected chi connectivity index (χ3v) is 3.24. The van der Waals surface area contributed by atoms with E-state index in [1.165, 1.54) is 0 Å². The average molecular weight is 232 g/mol. The average Bonchev–Trinajstić information content (AvgIpc) is 2.77. The number of H-pyrrole nitrogens is 1. The highest BCUT2D eigenvalue weighted by Crippen LogP contribution is 2.34. The van der Waals surface area contributed by atoms with Crippen LogP contribution >= 0.6 is 0 Å². The largest absolute Gasteiger partial charge is 0.486 e. The van der Waals surface area contributed by atoms with E-state index in [1.807, 2.05) is 12.1 Å². The van der Waals surface area contributed by atoms with Gasteiger partial charge in [0.2, 0.25) is 0 Å². The van der Waals surface area contributed by atoms with Gasteiger partial charge in [-0.3, -0.25) is 0 Å². The number of aromatic nitrogens is 2. The molecule has 90 valence electrons. The van der Waals surface area contributed by atoms with Gasteiger partial charge in [0.05, 0.1) is 11.0 Å². The van der Waals surface area contributed by atoms with E-state index < -0.39 is 0 Å². The topological polar surface area (TPSA) is 47.1 Å². The van der Waals surface area contributed by atoms with E-state index in [2.05, 4.69) is 23.8 Å². The number of hydrogen-bond donors (Lipinski definition) is 1. The number of imidazole rings is 1. The zero-order valence-electron chi connectivity index (χ0n) is 10.1. The Labute approximate surface area is 100.0 Å². The number of rotatable bonds is 2. The molecule has 1 aromatic heterocycles. The molecule has 1 unspecified atom stereocenters. The molecule has 4 nitrogen and oxygen atoms in total. The first-order valence-corrected chi connectivity index (χ1v) is 6.07. The number of hydrogen-bond acceptors (Lipinski definition) is 3. The summed E-state index contributed by atoms with van der Waals surface area (Å²) in [6, 6.07) is 3.93. The van der Waals surface area contributed by atoms with Gasteiger partial charge in [0.1, 0.15) is 19.0 Å². The predicted octanol–water partition coefficient (Wildman–Crippen LogP) is 2.85. The lowest BCUT2D eigenvalue weighted by Crippen LogP contribution is -2.15. The fourth-order valence-corrected chi connectivity index (χ4v) is 1.99. The van der Waals surface area contributed by atoms with Gasteiger partial charge >= 0.3 is 0 Å². The first-order chi connectivity index (χ1) is 8.28. The lowest BCUT2D eigenvalue weighted by atomic mass is 10.1. The van der Waals surface area contributed by atoms with E-state index in [9.17, 15) is 0 Å². The Morgan fingerprint density at radius 1 is 1.29 bits per heavy atom. The molecule has 0 aliphatic carbocycles. The second-order valence-corrected chi connectivity index (χ2v) is 4.44. The van der Waals surface area contributed by atoms with Crippen molar-refractivity contribution in [1.82, 2.24) is 9.97 Å². The molecule has 0 fully saturated rings. The number of ether oxygens (including phenoxy) is 2. The fraction of sp³-hybridized carbons (Fsp3) is 0.462. The molecule has 0 saturated heterocycles. The van der Waals surface area contributed by atoms with Crippen molar-refractivity contribution in [3.8, 4) is 11.5 Å². The van der Waals surface area contributed by atoms with Crippen LogP contribution in [0.15, 0.2) is 12.1 Å². The molecule has 4 heteroatoms. The lowest BCUT2D eigenvalue weighted by molar-refractivity contribution is 0.172. The van der Waals surface area contributed by atoms with Crippen molar-refractivity contribution in [1.29, 1.82) is 0 Å². The van der Waals surface area contributed by atoms with Gasteiger partial charge in [0.25, 0.3) is 0 Å². The van der Waals surface area contributed by atoms with Crippen LogP contribution in [0.2, 0.25) is 0 Å². The summed E-state index contributed by atoms with van der Waals surface area (Å²) in [6.45, 7) is 5.56. The predicted molar refractivity (Wildman–Crippen MR) is 65.8 cm³/mol. The monoisotopic (exact) mass is 232 g/mol. The van der Waals surface area contributed by atoms with Gasteiger partial charge in [-0.2, -0.15) is 0 Å². The van der Waals surface area contributed by atoms with E-state index in [0.29, 0.717) is 19.1 Å². The Kier molecular flexibility index (Phi) is 2.42. The molecule has 1 aliphatic heterocycles. The smallest absolute Gasteiger partial charge is 0.163 e. The molecule has 17 heavy (non-hydrogen) atoms. The number of fused-ring (bicyclic) bond motifs is 2. The third-order valence-electron chi connectivity index (χ3n) is 3.24. The van der Waals surface area contributed by atoms with Crippen molar-refractivity contribution in [3.63, 3.8) is 0 Å². The molecule has 1 aromatic carbocycles. The maximum atomic E-state index is 5.55. The van der Waals surface area contributed by atoms with E-state index in [1.54, 1.807) is 0 Å². The number of benzene rings is 1.